The van der Waals surface area contributed by atoms with Crippen LogP contribution in [0.25, 0.3) is 10.8 Å². The van der Waals surface area contributed by atoms with E-state index < -0.39 is 5.97 Å². The number of aromatic nitrogens is 1. The van der Waals surface area contributed by atoms with Crippen molar-refractivity contribution < 1.29 is 14.3 Å². The molecule has 3 aromatic rings. The summed E-state index contributed by atoms with van der Waals surface area (Å²) >= 11 is 3.46. The molecule has 5 heteroatoms. The molecule has 2 aromatic carbocycles. The third kappa shape index (κ3) is 3.00. The highest BCUT2D eigenvalue weighted by Gasteiger charge is 2.19. The largest absolute Gasteiger partial charge is 0.421 e. The topological polar surface area (TPSA) is 56.3 Å². The number of ketones is 1. The van der Waals surface area contributed by atoms with Crippen LogP contribution >= 0.6 is 15.9 Å². The molecular formula is C18H12BrNO3. The van der Waals surface area contributed by atoms with Gasteiger partial charge >= 0.3 is 5.97 Å². The highest BCUT2D eigenvalue weighted by molar-refractivity contribution is 9.10. The molecule has 0 bridgehead atoms. The number of esters is 1. The predicted molar refractivity (Wildman–Crippen MR) is 90.8 cm³/mol. The van der Waals surface area contributed by atoms with Gasteiger partial charge in [0.05, 0.1) is 11.1 Å². The maximum absolute atomic E-state index is 12.3. The summed E-state index contributed by atoms with van der Waals surface area (Å²) < 4.78 is 6.33. The number of benzene rings is 2. The molecule has 0 spiro atoms. The third-order valence-electron chi connectivity index (χ3n) is 3.43. The number of hydrogen-bond donors (Lipinski definition) is 0. The van der Waals surface area contributed by atoms with Gasteiger partial charge in [-0.15, -0.1) is 0 Å². The summed E-state index contributed by atoms with van der Waals surface area (Å²) in [5.41, 5.74) is 0.736. The van der Waals surface area contributed by atoms with E-state index in [1.165, 1.54) is 19.3 Å². The number of nitrogens with zero attached hydrogens (tertiary/aromatic N) is 1. The van der Waals surface area contributed by atoms with Crippen molar-refractivity contribution in [3.8, 4) is 5.75 Å². The van der Waals surface area contributed by atoms with Crippen molar-refractivity contribution in [2.45, 2.75) is 6.92 Å². The van der Waals surface area contributed by atoms with Crippen molar-refractivity contribution in [3.63, 3.8) is 0 Å². The first kappa shape index (κ1) is 15.4. The van der Waals surface area contributed by atoms with E-state index in [-0.39, 0.29) is 11.5 Å². The summed E-state index contributed by atoms with van der Waals surface area (Å²) in [6.45, 7) is 1.44. The lowest BCUT2D eigenvalue weighted by atomic mass is 10.0. The molecule has 0 aliphatic rings. The van der Waals surface area contributed by atoms with Gasteiger partial charge in [0.2, 0.25) is 0 Å². The first-order chi connectivity index (χ1) is 11.1. The Labute approximate surface area is 141 Å². The molecule has 114 valence electrons. The van der Waals surface area contributed by atoms with Gasteiger partial charge in [-0.3, -0.25) is 9.78 Å². The van der Waals surface area contributed by atoms with E-state index in [0.29, 0.717) is 16.5 Å². The third-order valence-corrected chi connectivity index (χ3v) is 4.09. The zero-order valence-electron chi connectivity index (χ0n) is 12.2. The molecule has 4 nitrogen and oxygen atoms in total. The van der Waals surface area contributed by atoms with Crippen molar-refractivity contribution in [2.24, 2.45) is 0 Å². The molecule has 0 atom stereocenters. The zero-order valence-corrected chi connectivity index (χ0v) is 13.8. The molecule has 0 unspecified atom stereocenters. The number of Topliss-reactive ketones (excluding diaryl/α,β-unsaturated/α-hetero) is 1. The summed E-state index contributed by atoms with van der Waals surface area (Å²) in [4.78, 5) is 28.2. The monoisotopic (exact) mass is 369 g/mol. The molecule has 0 N–H and O–H groups in total. The molecule has 23 heavy (non-hydrogen) atoms. The van der Waals surface area contributed by atoms with Crippen LogP contribution in [0, 0.1) is 0 Å². The molecule has 3 rings (SSSR count). The second kappa shape index (κ2) is 6.30. The fourth-order valence-electron chi connectivity index (χ4n) is 2.32. The van der Waals surface area contributed by atoms with Gasteiger partial charge in [0.15, 0.2) is 5.78 Å². The Morgan fingerprint density at radius 1 is 1.04 bits per heavy atom. The number of carbonyl (C=O) groups excluding carboxylic acids is 2. The first-order valence-corrected chi connectivity index (χ1v) is 7.71. The van der Waals surface area contributed by atoms with E-state index in [1.807, 2.05) is 24.3 Å². The van der Waals surface area contributed by atoms with Gasteiger partial charge in [0.25, 0.3) is 0 Å². The molecule has 0 saturated heterocycles. The number of pyridine rings is 1. The van der Waals surface area contributed by atoms with E-state index in [9.17, 15) is 9.59 Å². The molecular weight excluding hydrogens is 358 g/mol. The lowest BCUT2D eigenvalue weighted by Crippen LogP contribution is -2.11. The summed E-state index contributed by atoms with van der Waals surface area (Å²) in [5, 5.41) is 1.57. The van der Waals surface area contributed by atoms with E-state index in [2.05, 4.69) is 20.9 Å². The van der Waals surface area contributed by atoms with Gasteiger partial charge in [0.1, 0.15) is 5.75 Å². The van der Waals surface area contributed by atoms with E-state index >= 15 is 0 Å². The Morgan fingerprint density at radius 2 is 1.70 bits per heavy atom. The lowest BCUT2D eigenvalue weighted by molar-refractivity contribution is 0.0735. The minimum atomic E-state index is -0.526. The second-order valence-electron chi connectivity index (χ2n) is 4.96. The Kier molecular flexibility index (Phi) is 4.21. The number of fused-ring (bicyclic) bond motifs is 1. The zero-order chi connectivity index (χ0) is 16.4. The van der Waals surface area contributed by atoms with Crippen LogP contribution in [0.3, 0.4) is 0 Å². The van der Waals surface area contributed by atoms with Gasteiger partial charge < -0.3 is 4.74 Å². The van der Waals surface area contributed by atoms with Crippen molar-refractivity contribution >= 4 is 38.5 Å². The molecule has 1 heterocycles. The van der Waals surface area contributed by atoms with Crippen molar-refractivity contribution in [3.05, 3.63) is 70.5 Å². The second-order valence-corrected chi connectivity index (χ2v) is 5.82. The summed E-state index contributed by atoms with van der Waals surface area (Å²) in [6.07, 6.45) is 3.03. The smallest absolute Gasteiger partial charge is 0.343 e. The number of hydrogen-bond acceptors (Lipinski definition) is 4. The van der Waals surface area contributed by atoms with E-state index in [1.54, 1.807) is 18.2 Å². The summed E-state index contributed by atoms with van der Waals surface area (Å²) in [5.74, 6) is -0.422. The minimum absolute atomic E-state index is 0.172. The van der Waals surface area contributed by atoms with Crippen LogP contribution in [-0.2, 0) is 0 Å². The molecule has 0 amide bonds. The van der Waals surface area contributed by atoms with Gasteiger partial charge in [-0.1, -0.05) is 40.2 Å². The molecule has 0 saturated carbocycles. The van der Waals surface area contributed by atoms with Crippen LogP contribution in [0.5, 0.6) is 5.75 Å². The molecule has 0 fully saturated rings. The quantitative estimate of drug-likeness (QED) is 0.389. The van der Waals surface area contributed by atoms with Crippen LogP contribution in [-0.4, -0.2) is 16.7 Å². The van der Waals surface area contributed by atoms with Crippen LogP contribution in [0.15, 0.2) is 59.3 Å². The number of halogens is 1. The van der Waals surface area contributed by atoms with Crippen molar-refractivity contribution in [2.75, 3.05) is 0 Å². The first-order valence-electron chi connectivity index (χ1n) is 6.92. The van der Waals surface area contributed by atoms with Crippen molar-refractivity contribution in [1.29, 1.82) is 0 Å². The number of ether oxygens (including phenoxy) is 1. The Balaban J connectivity index is 2.15. The molecule has 1 aromatic heterocycles. The minimum Gasteiger partial charge on any atom is -0.421 e. The van der Waals surface area contributed by atoms with Gasteiger partial charge in [-0.25, -0.2) is 4.79 Å². The average Bonchev–Trinajstić information content (AvgIpc) is 2.57. The van der Waals surface area contributed by atoms with Gasteiger partial charge in [-0.2, -0.15) is 0 Å². The Bertz CT molecular complexity index is 907. The highest BCUT2D eigenvalue weighted by atomic mass is 79.9. The fourth-order valence-corrected chi connectivity index (χ4v) is 2.89. The van der Waals surface area contributed by atoms with Crippen LogP contribution in [0.2, 0.25) is 0 Å². The SMILES string of the molecule is CC(=O)c1cc(Br)c2ccccc2c1OC(=O)c1ccncc1. The fraction of sp³-hybridized carbons (Fsp3) is 0.0556. The molecule has 0 aliphatic carbocycles. The standard InChI is InChI=1S/C18H12BrNO3/c1-11(21)15-10-16(19)13-4-2-3-5-14(13)17(15)23-18(22)12-6-8-20-9-7-12/h2-10H,1H3. The molecule has 0 aliphatic heterocycles. The highest BCUT2D eigenvalue weighted by Crippen LogP contribution is 2.36. The Morgan fingerprint density at radius 3 is 2.35 bits per heavy atom. The number of rotatable bonds is 3. The van der Waals surface area contributed by atoms with Crippen molar-refractivity contribution in [1.82, 2.24) is 4.98 Å². The van der Waals surface area contributed by atoms with Crippen LogP contribution in [0.1, 0.15) is 27.6 Å². The average molecular weight is 370 g/mol. The summed E-state index contributed by atoms with van der Waals surface area (Å²) in [7, 11) is 0. The maximum Gasteiger partial charge on any atom is 0.343 e. The maximum atomic E-state index is 12.3. The van der Waals surface area contributed by atoms with Gasteiger partial charge in [0, 0.05) is 22.3 Å². The number of carbonyl (C=O) groups is 2. The lowest BCUT2D eigenvalue weighted by Gasteiger charge is -2.13. The Hall–Kier alpha value is -2.53. The van der Waals surface area contributed by atoms with E-state index in [4.69, 9.17) is 4.74 Å². The van der Waals surface area contributed by atoms with Gasteiger partial charge in [-0.05, 0) is 30.5 Å². The normalized spacial score (nSPS) is 10.5. The van der Waals surface area contributed by atoms with Crippen LogP contribution in [0.4, 0.5) is 0 Å². The molecule has 0 radical (unpaired) electrons. The van der Waals surface area contributed by atoms with Crippen LogP contribution < -0.4 is 4.74 Å². The predicted octanol–water partition coefficient (Wildman–Crippen LogP) is 4.42. The van der Waals surface area contributed by atoms with E-state index in [0.717, 1.165) is 9.86 Å². The summed E-state index contributed by atoms with van der Waals surface area (Å²) in [6, 6.07) is 12.2.